The molecule has 3 heterocycles. The summed E-state index contributed by atoms with van der Waals surface area (Å²) in [5.74, 6) is 1.21. The summed E-state index contributed by atoms with van der Waals surface area (Å²) in [7, 11) is 1.61. The molecule has 9 heteroatoms. The van der Waals surface area contributed by atoms with E-state index in [0.29, 0.717) is 5.69 Å². The number of carbonyl (C=O) groups excluding carboxylic acids is 1. The van der Waals surface area contributed by atoms with Crippen LogP contribution in [0.15, 0.2) is 53.3 Å². The van der Waals surface area contributed by atoms with E-state index in [-0.39, 0.29) is 30.2 Å². The summed E-state index contributed by atoms with van der Waals surface area (Å²) in [5, 5.41) is 15.5. The number of aromatic nitrogens is 4. The normalized spacial score (nSPS) is 13.6. The Morgan fingerprint density at radius 2 is 1.78 bits per heavy atom. The Balaban J connectivity index is 1.35. The molecule has 0 bridgehead atoms. The van der Waals surface area contributed by atoms with E-state index < -0.39 is 0 Å². The van der Waals surface area contributed by atoms with Crippen LogP contribution in [0.1, 0.15) is 29.8 Å². The van der Waals surface area contributed by atoms with E-state index in [9.17, 15) is 9.59 Å². The van der Waals surface area contributed by atoms with Gasteiger partial charge < -0.3 is 15.0 Å². The molecule has 3 aromatic rings. The molecule has 0 aliphatic carbocycles. The fraction of sp³-hybridized carbons (Fsp3) is 0.348. The quantitative estimate of drug-likeness (QED) is 0.608. The van der Waals surface area contributed by atoms with E-state index in [1.807, 2.05) is 30.3 Å². The topological polar surface area (TPSA) is 102 Å². The Bertz CT molecular complexity index is 1110. The Labute approximate surface area is 186 Å². The molecular weight excluding hydrogens is 408 g/mol. The van der Waals surface area contributed by atoms with Crippen LogP contribution in [0.4, 0.5) is 5.82 Å². The predicted molar refractivity (Wildman–Crippen MR) is 121 cm³/mol. The molecule has 0 unspecified atom stereocenters. The zero-order valence-corrected chi connectivity index (χ0v) is 18.0. The molecule has 4 rings (SSSR count). The van der Waals surface area contributed by atoms with Crippen molar-refractivity contribution in [2.24, 2.45) is 0 Å². The van der Waals surface area contributed by atoms with Crippen LogP contribution >= 0.6 is 0 Å². The Hall–Kier alpha value is -3.75. The van der Waals surface area contributed by atoms with Gasteiger partial charge in [0.05, 0.1) is 19.3 Å². The van der Waals surface area contributed by atoms with Gasteiger partial charge in [0.1, 0.15) is 5.75 Å². The first-order chi connectivity index (χ1) is 15.6. The summed E-state index contributed by atoms with van der Waals surface area (Å²) in [6.45, 7) is 2.43. The number of anilines is 1. The van der Waals surface area contributed by atoms with E-state index in [1.54, 1.807) is 19.2 Å². The van der Waals surface area contributed by atoms with Gasteiger partial charge in [-0.3, -0.25) is 9.59 Å². The van der Waals surface area contributed by atoms with Crippen molar-refractivity contribution in [3.63, 3.8) is 0 Å². The monoisotopic (exact) mass is 434 g/mol. The van der Waals surface area contributed by atoms with E-state index in [1.165, 1.54) is 17.2 Å². The molecule has 0 saturated carbocycles. The molecule has 1 fully saturated rings. The third-order valence-electron chi connectivity index (χ3n) is 5.42. The number of ether oxygens (including phenoxy) is 1. The standard InChI is InChI=1S/C23H26N6O3/c1-32-18-7-5-17(6-8-18)19-10-12-22(30)29(27-19)16-13-24-23(31)20-9-11-21(26-25-20)28-14-3-2-4-15-28/h5-12H,2-4,13-16H2,1H3,(H,24,31). The molecule has 166 valence electrons. The number of piperidine rings is 1. The molecule has 1 aromatic carbocycles. The molecule has 1 amide bonds. The van der Waals surface area contributed by atoms with Crippen LogP contribution in [-0.4, -0.2) is 52.6 Å². The molecule has 32 heavy (non-hydrogen) atoms. The van der Waals surface area contributed by atoms with Crippen molar-refractivity contribution >= 4 is 11.7 Å². The summed E-state index contributed by atoms with van der Waals surface area (Å²) in [6, 6.07) is 14.1. The average Bonchev–Trinajstić information content (AvgIpc) is 2.86. The van der Waals surface area contributed by atoms with Gasteiger partial charge in [0, 0.05) is 31.3 Å². The number of benzene rings is 1. The summed E-state index contributed by atoms with van der Waals surface area (Å²) in [6.07, 6.45) is 3.54. The average molecular weight is 435 g/mol. The number of nitrogens with one attached hydrogen (secondary N) is 1. The highest BCUT2D eigenvalue weighted by atomic mass is 16.5. The number of hydrogen-bond acceptors (Lipinski definition) is 7. The Morgan fingerprint density at radius 3 is 2.47 bits per heavy atom. The molecule has 1 aliphatic heterocycles. The highest BCUT2D eigenvalue weighted by molar-refractivity contribution is 5.92. The van der Waals surface area contributed by atoms with E-state index in [2.05, 4.69) is 25.5 Å². The minimum Gasteiger partial charge on any atom is -0.497 e. The first-order valence-electron chi connectivity index (χ1n) is 10.7. The zero-order valence-electron chi connectivity index (χ0n) is 18.0. The Kier molecular flexibility index (Phi) is 6.74. The van der Waals surface area contributed by atoms with E-state index in [4.69, 9.17) is 4.74 Å². The van der Waals surface area contributed by atoms with Gasteiger partial charge in [-0.05, 0) is 61.7 Å². The number of methoxy groups -OCH3 is 1. The third kappa shape index (κ3) is 5.11. The molecule has 0 radical (unpaired) electrons. The summed E-state index contributed by atoms with van der Waals surface area (Å²) < 4.78 is 6.51. The number of amides is 1. The van der Waals surface area contributed by atoms with Gasteiger partial charge >= 0.3 is 0 Å². The van der Waals surface area contributed by atoms with Crippen LogP contribution in [0.25, 0.3) is 11.3 Å². The minimum absolute atomic E-state index is 0.234. The minimum atomic E-state index is -0.331. The molecule has 1 aliphatic rings. The lowest BCUT2D eigenvalue weighted by molar-refractivity contribution is 0.0945. The fourth-order valence-corrected chi connectivity index (χ4v) is 3.63. The van der Waals surface area contributed by atoms with Crippen molar-refractivity contribution in [1.29, 1.82) is 0 Å². The molecule has 9 nitrogen and oxygen atoms in total. The highest BCUT2D eigenvalue weighted by Crippen LogP contribution is 2.19. The molecule has 2 aromatic heterocycles. The SMILES string of the molecule is COc1ccc(-c2ccc(=O)n(CCNC(=O)c3ccc(N4CCCCC4)nn3)n2)cc1. The summed E-state index contributed by atoms with van der Waals surface area (Å²) in [5.41, 5.74) is 1.55. The van der Waals surface area contributed by atoms with Crippen molar-refractivity contribution in [3.05, 3.63) is 64.6 Å². The first kappa shape index (κ1) is 21.5. The predicted octanol–water partition coefficient (Wildman–Crippen LogP) is 2.13. The van der Waals surface area contributed by atoms with Crippen LogP contribution < -0.4 is 20.5 Å². The molecule has 1 N–H and O–H groups in total. The number of rotatable bonds is 7. The van der Waals surface area contributed by atoms with Crippen molar-refractivity contribution in [1.82, 2.24) is 25.3 Å². The van der Waals surface area contributed by atoms with Crippen molar-refractivity contribution < 1.29 is 9.53 Å². The second-order valence-corrected chi connectivity index (χ2v) is 7.59. The maximum Gasteiger partial charge on any atom is 0.271 e. The van der Waals surface area contributed by atoms with Gasteiger partial charge in [0.25, 0.3) is 11.5 Å². The molecule has 0 spiro atoms. The number of carbonyl (C=O) groups is 1. The smallest absolute Gasteiger partial charge is 0.271 e. The van der Waals surface area contributed by atoms with Crippen molar-refractivity contribution in [3.8, 4) is 17.0 Å². The summed E-state index contributed by atoms with van der Waals surface area (Å²) in [4.78, 5) is 26.8. The maximum atomic E-state index is 12.4. The summed E-state index contributed by atoms with van der Waals surface area (Å²) >= 11 is 0. The third-order valence-corrected chi connectivity index (χ3v) is 5.42. The van der Waals surface area contributed by atoms with Crippen LogP contribution in [0.5, 0.6) is 5.75 Å². The largest absolute Gasteiger partial charge is 0.497 e. The van der Waals surface area contributed by atoms with Gasteiger partial charge in [-0.15, -0.1) is 10.2 Å². The number of nitrogens with zero attached hydrogens (tertiary/aromatic N) is 5. The van der Waals surface area contributed by atoms with E-state index >= 15 is 0 Å². The van der Waals surface area contributed by atoms with Gasteiger partial charge in [0.15, 0.2) is 11.5 Å². The lowest BCUT2D eigenvalue weighted by Gasteiger charge is -2.27. The fourth-order valence-electron chi connectivity index (χ4n) is 3.63. The van der Waals surface area contributed by atoms with Gasteiger partial charge in [-0.1, -0.05) is 0 Å². The van der Waals surface area contributed by atoms with Gasteiger partial charge in [0.2, 0.25) is 0 Å². The van der Waals surface area contributed by atoms with Crippen LogP contribution in [0, 0.1) is 0 Å². The number of hydrogen-bond donors (Lipinski definition) is 1. The maximum absolute atomic E-state index is 12.4. The Morgan fingerprint density at radius 1 is 1.00 bits per heavy atom. The molecular formula is C23H26N6O3. The van der Waals surface area contributed by atoms with Crippen molar-refractivity contribution in [2.75, 3.05) is 31.6 Å². The highest BCUT2D eigenvalue weighted by Gasteiger charge is 2.14. The second kappa shape index (κ2) is 10.0. The van der Waals surface area contributed by atoms with Crippen LogP contribution in [0.3, 0.4) is 0 Å². The second-order valence-electron chi connectivity index (χ2n) is 7.59. The van der Waals surface area contributed by atoms with Crippen molar-refractivity contribution in [2.45, 2.75) is 25.8 Å². The van der Waals surface area contributed by atoms with Crippen LogP contribution in [-0.2, 0) is 6.54 Å². The first-order valence-corrected chi connectivity index (χ1v) is 10.7. The lowest BCUT2D eigenvalue weighted by Crippen LogP contribution is -2.33. The van der Waals surface area contributed by atoms with Gasteiger partial charge in [-0.25, -0.2) is 4.68 Å². The molecule has 1 saturated heterocycles. The van der Waals surface area contributed by atoms with Gasteiger partial charge in [-0.2, -0.15) is 5.10 Å². The van der Waals surface area contributed by atoms with Crippen LogP contribution in [0.2, 0.25) is 0 Å². The zero-order chi connectivity index (χ0) is 22.3. The van der Waals surface area contributed by atoms with E-state index in [0.717, 1.165) is 43.1 Å². The molecule has 0 atom stereocenters. The lowest BCUT2D eigenvalue weighted by atomic mass is 10.1.